The molecule has 2 aromatic rings. The summed E-state index contributed by atoms with van der Waals surface area (Å²) in [6.07, 6.45) is 0.972. The number of phenolic OH excluding ortho intramolecular Hbond substituents is 1. The Morgan fingerprint density at radius 3 is 1.98 bits per heavy atom. The fourth-order valence-electron chi connectivity index (χ4n) is 4.56. The molecule has 0 aromatic heterocycles. The average molecular weight is 568 g/mol. The van der Waals surface area contributed by atoms with Crippen LogP contribution in [0.4, 0.5) is 4.79 Å². The number of rotatable bonds is 12. The number of carbonyl (C=O) groups excluding carboxylic acids is 3. The van der Waals surface area contributed by atoms with E-state index in [0.717, 1.165) is 17.5 Å². The van der Waals surface area contributed by atoms with Crippen molar-refractivity contribution in [3.05, 3.63) is 65.2 Å². The summed E-state index contributed by atoms with van der Waals surface area (Å²) in [5.74, 6) is -0.159. The average Bonchev–Trinajstić information content (AvgIpc) is 2.85. The monoisotopic (exact) mass is 567 g/mol. The highest BCUT2D eigenvalue weighted by molar-refractivity contribution is 5.92. The number of nitrogens with one attached hydrogen (secondary N) is 2. The Bertz CT molecular complexity index is 1140. The first-order chi connectivity index (χ1) is 19.1. The summed E-state index contributed by atoms with van der Waals surface area (Å²) in [6.45, 7) is 17.2. The maximum absolute atomic E-state index is 14.6. The van der Waals surface area contributed by atoms with Crippen LogP contribution in [0, 0.1) is 12.8 Å². The van der Waals surface area contributed by atoms with E-state index in [9.17, 15) is 19.5 Å². The molecule has 0 spiro atoms. The molecule has 2 rings (SSSR count). The van der Waals surface area contributed by atoms with E-state index in [2.05, 4.69) is 24.5 Å². The van der Waals surface area contributed by atoms with Gasteiger partial charge in [-0.3, -0.25) is 9.59 Å². The second-order valence-electron chi connectivity index (χ2n) is 12.6. The van der Waals surface area contributed by atoms with Gasteiger partial charge in [-0.2, -0.15) is 0 Å². The molecule has 0 aliphatic carbocycles. The van der Waals surface area contributed by atoms with Crippen molar-refractivity contribution in [3.63, 3.8) is 0 Å². The summed E-state index contributed by atoms with van der Waals surface area (Å²) < 4.78 is 5.51. The number of alkyl carbamates (subject to hydrolysis) is 1. The van der Waals surface area contributed by atoms with E-state index in [1.54, 1.807) is 49.9 Å². The fraction of sp³-hybridized carbons (Fsp3) is 0.545. The second-order valence-corrected chi connectivity index (χ2v) is 12.6. The predicted octanol–water partition coefficient (Wildman–Crippen LogP) is 6.06. The first-order valence-corrected chi connectivity index (χ1v) is 14.5. The number of carbonyl (C=O) groups is 3. The van der Waals surface area contributed by atoms with Gasteiger partial charge in [0.2, 0.25) is 11.8 Å². The maximum Gasteiger partial charge on any atom is 0.408 e. The number of hydrogen-bond acceptors (Lipinski definition) is 5. The molecule has 0 bridgehead atoms. The zero-order chi connectivity index (χ0) is 30.9. The van der Waals surface area contributed by atoms with E-state index in [4.69, 9.17) is 4.74 Å². The Balaban J connectivity index is 2.63. The lowest BCUT2D eigenvalue weighted by Gasteiger charge is -2.39. The van der Waals surface area contributed by atoms with Crippen LogP contribution in [0.25, 0.3) is 0 Å². The van der Waals surface area contributed by atoms with E-state index in [-0.39, 0.29) is 36.1 Å². The highest BCUT2D eigenvalue weighted by Crippen LogP contribution is 2.28. The minimum atomic E-state index is -1.02. The number of hydrogen-bond donors (Lipinski definition) is 3. The van der Waals surface area contributed by atoms with Gasteiger partial charge in [0.05, 0.1) is 0 Å². The van der Waals surface area contributed by atoms with Gasteiger partial charge in [0.25, 0.3) is 0 Å². The van der Waals surface area contributed by atoms with Crippen LogP contribution >= 0.6 is 0 Å². The van der Waals surface area contributed by atoms with Crippen molar-refractivity contribution in [2.24, 2.45) is 5.92 Å². The molecule has 2 aromatic carbocycles. The Kier molecular flexibility index (Phi) is 12.2. The smallest absolute Gasteiger partial charge is 0.408 e. The Hall–Kier alpha value is -3.55. The van der Waals surface area contributed by atoms with Crippen molar-refractivity contribution in [1.82, 2.24) is 15.5 Å². The number of benzene rings is 2. The van der Waals surface area contributed by atoms with Crippen molar-refractivity contribution >= 4 is 17.9 Å². The molecule has 0 heterocycles. The normalized spacial score (nSPS) is 13.8. The van der Waals surface area contributed by atoms with Crippen molar-refractivity contribution in [3.8, 4) is 5.75 Å². The summed E-state index contributed by atoms with van der Waals surface area (Å²) in [6, 6.07) is 11.8. The second kappa shape index (κ2) is 14.9. The molecule has 0 aliphatic rings. The minimum Gasteiger partial charge on any atom is -0.508 e. The Morgan fingerprint density at radius 2 is 1.46 bits per heavy atom. The van der Waals surface area contributed by atoms with Crippen molar-refractivity contribution < 1.29 is 24.2 Å². The van der Waals surface area contributed by atoms with Crippen LogP contribution in [0.15, 0.2) is 48.5 Å². The molecule has 3 N–H and O–H groups in total. The van der Waals surface area contributed by atoms with Crippen LogP contribution in [0.1, 0.15) is 91.0 Å². The molecule has 0 fully saturated rings. The predicted molar refractivity (Wildman–Crippen MR) is 163 cm³/mol. The van der Waals surface area contributed by atoms with E-state index >= 15 is 0 Å². The van der Waals surface area contributed by atoms with Crippen molar-refractivity contribution in [2.75, 3.05) is 0 Å². The van der Waals surface area contributed by atoms with Gasteiger partial charge in [0.1, 0.15) is 23.4 Å². The number of aryl methyl sites for hydroxylation is 1. The van der Waals surface area contributed by atoms with Crippen LogP contribution in [0.3, 0.4) is 0 Å². The van der Waals surface area contributed by atoms with Gasteiger partial charge in [-0.05, 0) is 90.5 Å². The molecule has 3 unspecified atom stereocenters. The lowest BCUT2D eigenvalue weighted by molar-refractivity contribution is -0.145. The number of aromatic hydroxyl groups is 1. The SMILES string of the molecule is Cc1ccc(C(C(=O)NC(C)C)N(C(=O)C(Cc2ccc(O)cc2)NC(=O)OC(C)(C)C)C(C)CCC(C)C)cc1. The molecule has 3 atom stereocenters. The number of phenols is 1. The van der Waals surface area contributed by atoms with E-state index < -0.39 is 23.8 Å². The van der Waals surface area contributed by atoms with Gasteiger partial charge in [-0.15, -0.1) is 0 Å². The van der Waals surface area contributed by atoms with E-state index in [1.807, 2.05) is 52.0 Å². The van der Waals surface area contributed by atoms with Crippen molar-refractivity contribution in [1.29, 1.82) is 0 Å². The lowest BCUT2D eigenvalue weighted by Crippen LogP contribution is -2.56. The zero-order valence-electron chi connectivity index (χ0n) is 26.2. The zero-order valence-corrected chi connectivity index (χ0v) is 26.2. The molecule has 41 heavy (non-hydrogen) atoms. The summed E-state index contributed by atoms with van der Waals surface area (Å²) in [7, 11) is 0. The van der Waals surface area contributed by atoms with Gasteiger partial charge < -0.3 is 25.4 Å². The van der Waals surface area contributed by atoms with Gasteiger partial charge >= 0.3 is 6.09 Å². The molecule has 8 heteroatoms. The molecule has 0 radical (unpaired) electrons. The first-order valence-electron chi connectivity index (χ1n) is 14.5. The van der Waals surface area contributed by atoms with Crippen LogP contribution in [0.5, 0.6) is 5.75 Å². The minimum absolute atomic E-state index is 0.102. The summed E-state index contributed by atoms with van der Waals surface area (Å²) in [4.78, 5) is 43.0. The van der Waals surface area contributed by atoms with E-state index in [0.29, 0.717) is 17.9 Å². The summed E-state index contributed by atoms with van der Waals surface area (Å²) >= 11 is 0. The van der Waals surface area contributed by atoms with Crippen LogP contribution < -0.4 is 10.6 Å². The molecule has 0 saturated carbocycles. The third-order valence-corrected chi connectivity index (χ3v) is 6.61. The Labute approximate surface area is 245 Å². The van der Waals surface area contributed by atoms with Gasteiger partial charge in [0, 0.05) is 18.5 Å². The standard InChI is InChI=1S/C33H49N3O5/c1-21(2)10-13-24(6)36(29(30(38)34-22(3)4)26-16-11-23(5)12-17-26)31(39)28(35-32(40)41-33(7,8)9)20-25-14-18-27(37)19-15-25/h11-12,14-19,21-22,24,28-29,37H,10,13,20H2,1-9H3,(H,34,38)(H,35,40). The summed E-state index contributed by atoms with van der Waals surface area (Å²) in [5.41, 5.74) is 1.71. The first kappa shape index (κ1) is 33.7. The lowest BCUT2D eigenvalue weighted by atomic mass is 9.95. The molecular weight excluding hydrogens is 518 g/mol. The molecule has 226 valence electrons. The maximum atomic E-state index is 14.6. The third kappa shape index (κ3) is 11.1. The number of nitrogens with zero attached hydrogens (tertiary/aromatic N) is 1. The largest absolute Gasteiger partial charge is 0.508 e. The molecule has 8 nitrogen and oxygen atoms in total. The molecular formula is C33H49N3O5. The highest BCUT2D eigenvalue weighted by atomic mass is 16.6. The third-order valence-electron chi connectivity index (χ3n) is 6.61. The van der Waals surface area contributed by atoms with Crippen LogP contribution in [-0.2, 0) is 20.7 Å². The van der Waals surface area contributed by atoms with Crippen LogP contribution in [0.2, 0.25) is 0 Å². The van der Waals surface area contributed by atoms with Crippen LogP contribution in [-0.4, -0.2) is 51.6 Å². The Morgan fingerprint density at radius 1 is 0.878 bits per heavy atom. The number of amides is 3. The molecule has 0 aliphatic heterocycles. The quantitative estimate of drug-likeness (QED) is 0.289. The molecule has 0 saturated heterocycles. The van der Waals surface area contributed by atoms with E-state index in [1.165, 1.54) is 0 Å². The van der Waals surface area contributed by atoms with Crippen molar-refractivity contribution in [2.45, 2.75) is 111 Å². The highest BCUT2D eigenvalue weighted by Gasteiger charge is 2.39. The van der Waals surface area contributed by atoms with Gasteiger partial charge in [0.15, 0.2) is 0 Å². The number of ether oxygens (including phenoxy) is 1. The fourth-order valence-corrected chi connectivity index (χ4v) is 4.56. The van der Waals surface area contributed by atoms with Gasteiger partial charge in [-0.1, -0.05) is 55.8 Å². The molecule has 3 amide bonds. The summed E-state index contributed by atoms with van der Waals surface area (Å²) in [5, 5.41) is 15.6. The topological polar surface area (TPSA) is 108 Å². The van der Waals surface area contributed by atoms with Gasteiger partial charge in [-0.25, -0.2) is 4.79 Å².